The smallest absolute Gasteiger partial charge is 0.240 e. The molecular weight excluding hydrogens is 380 g/mol. The van der Waals surface area contributed by atoms with Crippen molar-refractivity contribution in [2.45, 2.75) is 25.6 Å². The molecule has 0 saturated carbocycles. The Balaban J connectivity index is 0.00000280. The fourth-order valence-corrected chi connectivity index (χ4v) is 2.94. The van der Waals surface area contributed by atoms with Crippen molar-refractivity contribution in [3.05, 3.63) is 59.7 Å². The number of rotatable bonds is 7. The predicted octanol–water partition coefficient (Wildman–Crippen LogP) is 2.86. The number of hydrogen-bond donors (Lipinski definition) is 2. The van der Waals surface area contributed by atoms with Crippen molar-refractivity contribution in [2.75, 3.05) is 26.9 Å². The standard InChI is InChI=1S/C21H26N2O4.ClH/c1-15(23-21(24)18-14-26-11-10-22-18)17-8-9-19(20(12-17)25-2)27-13-16-6-4-3-5-7-16;/h3-9,12,15,18,22H,10-11,13-14H2,1-2H3,(H,23,24);1H. The van der Waals surface area contributed by atoms with Crippen LogP contribution in [0.2, 0.25) is 0 Å². The molecule has 2 aromatic carbocycles. The highest BCUT2D eigenvalue weighted by atomic mass is 35.5. The molecule has 1 fully saturated rings. The van der Waals surface area contributed by atoms with Crippen molar-refractivity contribution in [2.24, 2.45) is 0 Å². The Hall–Kier alpha value is -2.28. The maximum Gasteiger partial charge on any atom is 0.240 e. The molecule has 0 spiro atoms. The summed E-state index contributed by atoms with van der Waals surface area (Å²) >= 11 is 0. The second-order valence-electron chi connectivity index (χ2n) is 6.50. The average Bonchev–Trinajstić information content (AvgIpc) is 2.73. The molecule has 1 amide bonds. The maximum absolute atomic E-state index is 12.4. The molecule has 6 nitrogen and oxygen atoms in total. The molecule has 2 aromatic rings. The molecule has 2 N–H and O–H groups in total. The van der Waals surface area contributed by atoms with E-state index in [0.717, 1.165) is 11.1 Å². The van der Waals surface area contributed by atoms with Gasteiger partial charge in [0.15, 0.2) is 11.5 Å². The quantitative estimate of drug-likeness (QED) is 0.740. The second kappa shape index (κ2) is 10.9. The third kappa shape index (κ3) is 5.86. The number of halogens is 1. The predicted molar refractivity (Wildman–Crippen MR) is 110 cm³/mol. The van der Waals surface area contributed by atoms with Gasteiger partial charge in [0.2, 0.25) is 5.91 Å². The van der Waals surface area contributed by atoms with Gasteiger partial charge in [0.05, 0.1) is 26.4 Å². The van der Waals surface area contributed by atoms with Crippen LogP contribution in [0.4, 0.5) is 0 Å². The summed E-state index contributed by atoms with van der Waals surface area (Å²) in [5.41, 5.74) is 2.04. The van der Waals surface area contributed by atoms with Crippen LogP contribution in [0, 0.1) is 0 Å². The molecule has 0 radical (unpaired) electrons. The molecule has 1 saturated heterocycles. The van der Waals surface area contributed by atoms with Crippen molar-refractivity contribution in [3.63, 3.8) is 0 Å². The summed E-state index contributed by atoms with van der Waals surface area (Å²) in [7, 11) is 1.61. The number of amides is 1. The number of benzene rings is 2. The number of carbonyl (C=O) groups is 1. The van der Waals surface area contributed by atoms with Gasteiger partial charge in [-0.1, -0.05) is 36.4 Å². The zero-order valence-electron chi connectivity index (χ0n) is 16.1. The minimum absolute atomic E-state index is 0. The first-order chi connectivity index (χ1) is 13.2. The molecule has 2 unspecified atom stereocenters. The van der Waals surface area contributed by atoms with Gasteiger partial charge in [-0.2, -0.15) is 0 Å². The maximum atomic E-state index is 12.4. The summed E-state index contributed by atoms with van der Waals surface area (Å²) in [5.74, 6) is 1.25. The topological polar surface area (TPSA) is 68.8 Å². The first kappa shape index (κ1) is 22.0. The number of nitrogens with one attached hydrogen (secondary N) is 2. The highest BCUT2D eigenvalue weighted by molar-refractivity contribution is 5.85. The molecular formula is C21H27ClN2O4. The summed E-state index contributed by atoms with van der Waals surface area (Å²) < 4.78 is 16.7. The molecule has 152 valence electrons. The van der Waals surface area contributed by atoms with Gasteiger partial charge in [0, 0.05) is 6.54 Å². The Bertz CT molecular complexity index is 751. The van der Waals surface area contributed by atoms with Crippen LogP contribution < -0.4 is 20.1 Å². The van der Waals surface area contributed by atoms with Crippen molar-refractivity contribution in [1.29, 1.82) is 0 Å². The summed E-state index contributed by atoms with van der Waals surface area (Å²) in [6.07, 6.45) is 0. The van der Waals surface area contributed by atoms with Crippen molar-refractivity contribution >= 4 is 18.3 Å². The zero-order valence-corrected chi connectivity index (χ0v) is 17.0. The van der Waals surface area contributed by atoms with E-state index in [-0.39, 0.29) is 30.4 Å². The monoisotopic (exact) mass is 406 g/mol. The first-order valence-electron chi connectivity index (χ1n) is 9.13. The van der Waals surface area contributed by atoms with Crippen LogP contribution in [0.5, 0.6) is 11.5 Å². The fourth-order valence-electron chi connectivity index (χ4n) is 2.94. The van der Waals surface area contributed by atoms with E-state index >= 15 is 0 Å². The summed E-state index contributed by atoms with van der Waals surface area (Å²) in [4.78, 5) is 12.4. The third-order valence-corrected chi connectivity index (χ3v) is 4.52. The van der Waals surface area contributed by atoms with Crippen molar-refractivity contribution in [1.82, 2.24) is 10.6 Å². The molecule has 1 aliphatic rings. The van der Waals surface area contributed by atoms with Crippen LogP contribution in [0.25, 0.3) is 0 Å². The fraction of sp³-hybridized carbons (Fsp3) is 0.381. The molecule has 1 heterocycles. The van der Waals surface area contributed by atoms with Gasteiger partial charge in [0.1, 0.15) is 12.6 Å². The Kier molecular flexibility index (Phi) is 8.57. The zero-order chi connectivity index (χ0) is 19.1. The number of hydrogen-bond acceptors (Lipinski definition) is 5. The van der Waals surface area contributed by atoms with Crippen LogP contribution in [0.1, 0.15) is 24.1 Å². The molecule has 0 bridgehead atoms. The minimum Gasteiger partial charge on any atom is -0.493 e. The molecule has 2 atom stereocenters. The number of ether oxygens (including phenoxy) is 3. The van der Waals surface area contributed by atoms with E-state index in [1.807, 2.05) is 55.5 Å². The Labute approximate surface area is 172 Å². The van der Waals surface area contributed by atoms with Gasteiger partial charge in [-0.3, -0.25) is 4.79 Å². The Morgan fingerprint density at radius 1 is 1.25 bits per heavy atom. The Morgan fingerprint density at radius 3 is 2.71 bits per heavy atom. The largest absolute Gasteiger partial charge is 0.493 e. The number of methoxy groups -OCH3 is 1. The molecule has 0 aliphatic carbocycles. The van der Waals surface area contributed by atoms with Gasteiger partial charge in [0.25, 0.3) is 0 Å². The molecule has 3 rings (SSSR count). The van der Waals surface area contributed by atoms with Crippen LogP contribution in [0.3, 0.4) is 0 Å². The average molecular weight is 407 g/mol. The number of carbonyl (C=O) groups excluding carboxylic acids is 1. The SMILES string of the molecule is COc1cc(C(C)NC(=O)C2COCCN2)ccc1OCc1ccccc1.Cl. The van der Waals surface area contributed by atoms with E-state index < -0.39 is 0 Å². The number of morpholine rings is 1. The minimum atomic E-state index is -0.309. The van der Waals surface area contributed by atoms with Crippen LogP contribution in [0.15, 0.2) is 48.5 Å². The van der Waals surface area contributed by atoms with E-state index in [2.05, 4.69) is 10.6 Å². The highest BCUT2D eigenvalue weighted by Gasteiger charge is 2.23. The summed E-state index contributed by atoms with van der Waals surface area (Å²) in [6.45, 7) is 4.14. The van der Waals surface area contributed by atoms with Crippen LogP contribution in [-0.2, 0) is 16.1 Å². The molecule has 1 aliphatic heterocycles. The third-order valence-electron chi connectivity index (χ3n) is 4.52. The summed E-state index contributed by atoms with van der Waals surface area (Å²) in [5, 5.41) is 6.17. The van der Waals surface area contributed by atoms with Crippen LogP contribution >= 0.6 is 12.4 Å². The van der Waals surface area contributed by atoms with E-state index in [1.165, 1.54) is 0 Å². The molecule has 0 aromatic heterocycles. The second-order valence-corrected chi connectivity index (χ2v) is 6.50. The highest BCUT2D eigenvalue weighted by Crippen LogP contribution is 2.31. The van der Waals surface area contributed by atoms with Gasteiger partial charge in [-0.05, 0) is 30.2 Å². The van der Waals surface area contributed by atoms with E-state index in [9.17, 15) is 4.79 Å². The lowest BCUT2D eigenvalue weighted by Gasteiger charge is -2.25. The van der Waals surface area contributed by atoms with Gasteiger partial charge in [-0.15, -0.1) is 12.4 Å². The van der Waals surface area contributed by atoms with E-state index in [1.54, 1.807) is 7.11 Å². The lowest BCUT2D eigenvalue weighted by Crippen LogP contribution is -2.51. The lowest BCUT2D eigenvalue weighted by atomic mass is 10.1. The normalized spacial score (nSPS) is 17.1. The van der Waals surface area contributed by atoms with E-state index in [0.29, 0.717) is 37.9 Å². The van der Waals surface area contributed by atoms with Crippen molar-refractivity contribution in [3.8, 4) is 11.5 Å². The van der Waals surface area contributed by atoms with E-state index in [4.69, 9.17) is 14.2 Å². The molecule has 7 heteroatoms. The first-order valence-corrected chi connectivity index (χ1v) is 9.13. The molecule has 28 heavy (non-hydrogen) atoms. The Morgan fingerprint density at radius 2 is 2.04 bits per heavy atom. The van der Waals surface area contributed by atoms with Gasteiger partial charge in [-0.25, -0.2) is 0 Å². The lowest BCUT2D eigenvalue weighted by molar-refractivity contribution is -0.126. The summed E-state index contributed by atoms with van der Waals surface area (Å²) in [6, 6.07) is 15.2. The van der Waals surface area contributed by atoms with Crippen LogP contribution in [-0.4, -0.2) is 38.8 Å². The van der Waals surface area contributed by atoms with Gasteiger partial charge < -0.3 is 24.8 Å². The van der Waals surface area contributed by atoms with Gasteiger partial charge >= 0.3 is 0 Å². The van der Waals surface area contributed by atoms with Crippen molar-refractivity contribution < 1.29 is 19.0 Å².